The summed E-state index contributed by atoms with van der Waals surface area (Å²) in [7, 11) is 0. The van der Waals surface area contributed by atoms with Crippen molar-refractivity contribution in [2.75, 3.05) is 0 Å². The van der Waals surface area contributed by atoms with Crippen LogP contribution >= 0.6 is 0 Å². The molecule has 0 unspecified atom stereocenters. The number of amides is 1. The Morgan fingerprint density at radius 1 is 1.29 bits per heavy atom. The van der Waals surface area contributed by atoms with Crippen LogP contribution in [0.2, 0.25) is 0 Å². The Kier molecular flexibility index (Phi) is 4.96. The normalized spacial score (nSPS) is 19.8. The van der Waals surface area contributed by atoms with Gasteiger partial charge in [0.15, 0.2) is 0 Å². The molecule has 0 aliphatic heterocycles. The molecule has 1 aliphatic rings. The van der Waals surface area contributed by atoms with Crippen molar-refractivity contribution in [3.05, 3.63) is 75.8 Å². The molecular weight excluding hydrogens is 354 g/mol. The molecule has 1 atom stereocenters. The third-order valence-electron chi connectivity index (χ3n) is 5.43. The van der Waals surface area contributed by atoms with Crippen LogP contribution in [-0.2, 0) is 6.42 Å². The summed E-state index contributed by atoms with van der Waals surface area (Å²) in [6.45, 7) is 1.95. The minimum atomic E-state index is -0.309. The lowest BCUT2D eigenvalue weighted by molar-refractivity contribution is 0.0238. The lowest BCUT2D eigenvalue weighted by Crippen LogP contribution is -2.48. The number of nitrogens with one attached hydrogen (secondary N) is 2. The van der Waals surface area contributed by atoms with Gasteiger partial charge >= 0.3 is 0 Å². The number of aromatic amines is 1. The Labute approximate surface area is 162 Å². The number of rotatable bonds is 5. The van der Waals surface area contributed by atoms with Gasteiger partial charge in [0, 0.05) is 41.3 Å². The van der Waals surface area contributed by atoms with Crippen LogP contribution in [0.3, 0.4) is 0 Å². The summed E-state index contributed by atoms with van der Waals surface area (Å²) in [6.07, 6.45) is 3.33. The molecular formula is C22H23N3O3. The van der Waals surface area contributed by atoms with E-state index in [1.54, 1.807) is 6.20 Å². The van der Waals surface area contributed by atoms with Crippen LogP contribution in [0.1, 0.15) is 34.5 Å². The van der Waals surface area contributed by atoms with Crippen molar-refractivity contribution in [3.8, 4) is 0 Å². The van der Waals surface area contributed by atoms with Crippen LogP contribution in [0, 0.1) is 12.8 Å². The number of fused-ring (bicyclic) bond motifs is 1. The van der Waals surface area contributed by atoms with Gasteiger partial charge in [0.2, 0.25) is 5.56 Å². The Bertz CT molecular complexity index is 1060. The predicted octanol–water partition coefficient (Wildman–Crippen LogP) is 2.34. The van der Waals surface area contributed by atoms with Crippen molar-refractivity contribution in [2.24, 2.45) is 5.92 Å². The first kappa shape index (κ1) is 18.4. The van der Waals surface area contributed by atoms with E-state index >= 15 is 0 Å². The molecule has 1 saturated carbocycles. The van der Waals surface area contributed by atoms with Crippen LogP contribution in [0.15, 0.2) is 53.5 Å². The second-order valence-corrected chi connectivity index (χ2v) is 7.59. The molecule has 144 valence electrons. The van der Waals surface area contributed by atoms with Gasteiger partial charge in [0.05, 0.1) is 11.7 Å². The second kappa shape index (κ2) is 7.56. The number of aromatic nitrogens is 2. The highest BCUT2D eigenvalue weighted by Gasteiger charge is 2.35. The number of carbonyl (C=O) groups is 1. The third kappa shape index (κ3) is 3.82. The Morgan fingerprint density at radius 3 is 2.82 bits per heavy atom. The van der Waals surface area contributed by atoms with E-state index < -0.39 is 0 Å². The summed E-state index contributed by atoms with van der Waals surface area (Å²) in [4.78, 5) is 32.3. The van der Waals surface area contributed by atoms with Gasteiger partial charge in [0.25, 0.3) is 5.91 Å². The molecule has 1 aromatic carbocycles. The molecule has 28 heavy (non-hydrogen) atoms. The van der Waals surface area contributed by atoms with Crippen LogP contribution < -0.4 is 10.9 Å². The van der Waals surface area contributed by atoms with Gasteiger partial charge in [-0.1, -0.05) is 17.7 Å². The first-order chi connectivity index (χ1) is 13.5. The van der Waals surface area contributed by atoms with Gasteiger partial charge in [-0.3, -0.25) is 14.6 Å². The Morgan fingerprint density at radius 2 is 2.11 bits per heavy atom. The van der Waals surface area contributed by atoms with E-state index in [4.69, 9.17) is 0 Å². The number of H-pyrrole nitrogens is 1. The number of pyridine rings is 2. The zero-order valence-corrected chi connectivity index (χ0v) is 15.7. The number of hydrogen-bond donors (Lipinski definition) is 3. The van der Waals surface area contributed by atoms with Crippen molar-refractivity contribution in [1.29, 1.82) is 0 Å². The quantitative estimate of drug-likeness (QED) is 0.636. The van der Waals surface area contributed by atoms with Crippen molar-refractivity contribution in [3.63, 3.8) is 0 Å². The highest BCUT2D eigenvalue weighted by Crippen LogP contribution is 2.32. The topological polar surface area (TPSA) is 95.1 Å². The second-order valence-electron chi connectivity index (χ2n) is 7.59. The highest BCUT2D eigenvalue weighted by atomic mass is 16.3. The van der Waals surface area contributed by atoms with Gasteiger partial charge in [-0.2, -0.15) is 0 Å². The molecule has 4 rings (SSSR count). The molecule has 0 saturated heterocycles. The molecule has 6 nitrogen and oxygen atoms in total. The summed E-state index contributed by atoms with van der Waals surface area (Å²) in [6, 6.07) is 12.5. The zero-order chi connectivity index (χ0) is 19.7. The minimum Gasteiger partial charge on any atom is -0.393 e. The SMILES string of the molecule is Cc1ccc2[nH]c(=O)cc(C(=O)N[C@H](Cc3ccccn3)C3CC(O)C3)c2c1. The fourth-order valence-electron chi connectivity index (χ4n) is 3.84. The maximum atomic E-state index is 13.1. The minimum absolute atomic E-state index is 0.148. The first-order valence-corrected chi connectivity index (χ1v) is 9.52. The van der Waals surface area contributed by atoms with Gasteiger partial charge in [-0.25, -0.2) is 0 Å². The fourth-order valence-corrected chi connectivity index (χ4v) is 3.84. The third-order valence-corrected chi connectivity index (χ3v) is 5.43. The van der Waals surface area contributed by atoms with Crippen LogP contribution in [0.5, 0.6) is 0 Å². The average molecular weight is 377 g/mol. The summed E-state index contributed by atoms with van der Waals surface area (Å²) < 4.78 is 0. The molecule has 3 N–H and O–H groups in total. The number of carbonyl (C=O) groups excluding carboxylic acids is 1. The summed E-state index contributed by atoms with van der Waals surface area (Å²) in [5, 5.41) is 13.5. The van der Waals surface area contributed by atoms with Gasteiger partial charge in [-0.15, -0.1) is 0 Å². The number of nitrogens with zero attached hydrogens (tertiary/aromatic N) is 1. The zero-order valence-electron chi connectivity index (χ0n) is 15.7. The molecule has 2 aromatic heterocycles. The monoisotopic (exact) mass is 377 g/mol. The summed E-state index contributed by atoms with van der Waals surface area (Å²) in [5.41, 5.74) is 2.61. The number of aliphatic hydroxyl groups excluding tert-OH is 1. The molecule has 0 radical (unpaired) electrons. The highest BCUT2D eigenvalue weighted by molar-refractivity contribution is 6.06. The van der Waals surface area contributed by atoms with E-state index in [2.05, 4.69) is 15.3 Å². The van der Waals surface area contributed by atoms with Crippen LogP contribution in [0.25, 0.3) is 10.9 Å². The lowest BCUT2D eigenvalue weighted by atomic mass is 9.75. The van der Waals surface area contributed by atoms with Crippen molar-refractivity contribution in [2.45, 2.75) is 38.3 Å². The van der Waals surface area contributed by atoms with E-state index in [-0.39, 0.29) is 29.5 Å². The van der Waals surface area contributed by atoms with Crippen molar-refractivity contribution >= 4 is 16.8 Å². The molecule has 3 aromatic rings. The van der Waals surface area contributed by atoms with E-state index in [0.29, 0.717) is 30.3 Å². The van der Waals surface area contributed by atoms with E-state index in [0.717, 1.165) is 16.6 Å². The van der Waals surface area contributed by atoms with Gasteiger partial charge < -0.3 is 15.4 Å². The molecule has 1 fully saturated rings. The number of benzene rings is 1. The van der Waals surface area contributed by atoms with Gasteiger partial charge in [0.1, 0.15) is 0 Å². The smallest absolute Gasteiger partial charge is 0.252 e. The fraction of sp³-hybridized carbons (Fsp3) is 0.318. The van der Waals surface area contributed by atoms with Crippen LogP contribution in [0.4, 0.5) is 0 Å². The van der Waals surface area contributed by atoms with Crippen molar-refractivity contribution < 1.29 is 9.90 Å². The largest absolute Gasteiger partial charge is 0.393 e. The maximum Gasteiger partial charge on any atom is 0.252 e. The molecule has 6 heteroatoms. The Hall–Kier alpha value is -2.99. The van der Waals surface area contributed by atoms with E-state index in [1.165, 1.54) is 6.07 Å². The van der Waals surface area contributed by atoms with E-state index in [9.17, 15) is 14.7 Å². The predicted molar refractivity (Wildman–Crippen MR) is 107 cm³/mol. The van der Waals surface area contributed by atoms with E-state index in [1.807, 2.05) is 43.3 Å². The molecule has 0 spiro atoms. The molecule has 2 heterocycles. The van der Waals surface area contributed by atoms with Gasteiger partial charge in [-0.05, 0) is 49.9 Å². The molecule has 1 aliphatic carbocycles. The number of aryl methyl sites for hydroxylation is 1. The standard InChI is InChI=1S/C22H23N3O3/c1-13-5-6-19-17(8-13)18(12-21(27)24-19)22(28)25-20(14-9-16(26)10-14)11-15-4-2-3-7-23-15/h2-8,12,14,16,20,26H,9-11H2,1H3,(H,24,27)(H,25,28)/t14?,16?,20-/m1/s1. The molecule has 0 bridgehead atoms. The maximum absolute atomic E-state index is 13.1. The summed E-state index contributed by atoms with van der Waals surface area (Å²) in [5.74, 6) is -0.0834. The number of hydrogen-bond acceptors (Lipinski definition) is 4. The van der Waals surface area contributed by atoms with Crippen molar-refractivity contribution in [1.82, 2.24) is 15.3 Å². The molecule has 1 amide bonds. The summed E-state index contributed by atoms with van der Waals surface area (Å²) >= 11 is 0. The number of aliphatic hydroxyl groups is 1. The first-order valence-electron chi connectivity index (χ1n) is 9.52. The lowest BCUT2D eigenvalue weighted by Gasteiger charge is -2.38. The van der Waals surface area contributed by atoms with Crippen LogP contribution in [-0.4, -0.2) is 33.1 Å². The average Bonchev–Trinajstić information content (AvgIpc) is 2.65. The Balaban J connectivity index is 1.63.